The van der Waals surface area contributed by atoms with Gasteiger partial charge in [-0.25, -0.2) is 0 Å². The Hall–Kier alpha value is -0.0800. The number of piperidine rings is 1. The van der Waals surface area contributed by atoms with Crippen LogP contribution in [0.25, 0.3) is 0 Å². The lowest BCUT2D eigenvalue weighted by Gasteiger charge is -2.38. The summed E-state index contributed by atoms with van der Waals surface area (Å²) >= 11 is 0. The first kappa shape index (κ1) is 13.0. The minimum Gasteiger partial charge on any atom is -0.311 e. The Morgan fingerprint density at radius 3 is 2.47 bits per heavy atom. The molecule has 0 saturated carbocycles. The number of nitrogens with one attached hydrogen (secondary N) is 1. The lowest BCUT2D eigenvalue weighted by atomic mass is 9.84. The normalized spacial score (nSPS) is 23.0. The third kappa shape index (κ3) is 5.53. The van der Waals surface area contributed by atoms with Gasteiger partial charge in [0, 0.05) is 25.2 Å². The van der Waals surface area contributed by atoms with Crippen LogP contribution in [0.5, 0.6) is 0 Å². The summed E-state index contributed by atoms with van der Waals surface area (Å²) < 4.78 is 0. The second-order valence-corrected chi connectivity index (χ2v) is 6.72. The van der Waals surface area contributed by atoms with Crippen molar-refractivity contribution in [3.8, 4) is 0 Å². The summed E-state index contributed by atoms with van der Waals surface area (Å²) in [5.74, 6) is 0. The van der Waals surface area contributed by atoms with Gasteiger partial charge in [0.15, 0.2) is 0 Å². The molecule has 15 heavy (non-hydrogen) atoms. The molecule has 2 nitrogen and oxygen atoms in total. The van der Waals surface area contributed by atoms with E-state index in [1.54, 1.807) is 0 Å². The van der Waals surface area contributed by atoms with E-state index >= 15 is 0 Å². The molecule has 0 atom stereocenters. The van der Waals surface area contributed by atoms with Crippen LogP contribution in [0.2, 0.25) is 0 Å². The minimum atomic E-state index is 0.255. The molecule has 0 aliphatic carbocycles. The van der Waals surface area contributed by atoms with Crippen LogP contribution in [-0.4, -0.2) is 36.6 Å². The summed E-state index contributed by atoms with van der Waals surface area (Å²) in [5.41, 5.74) is 0.783. The van der Waals surface area contributed by atoms with Crippen LogP contribution in [0, 0.1) is 5.41 Å². The van der Waals surface area contributed by atoms with Gasteiger partial charge in [0.2, 0.25) is 0 Å². The molecule has 1 fully saturated rings. The highest BCUT2D eigenvalue weighted by Gasteiger charge is 2.25. The maximum atomic E-state index is 3.55. The first-order valence-corrected chi connectivity index (χ1v) is 6.26. The average Bonchev–Trinajstić information content (AvgIpc) is 1.99. The van der Waals surface area contributed by atoms with Crippen molar-refractivity contribution in [1.29, 1.82) is 0 Å². The van der Waals surface area contributed by atoms with Gasteiger partial charge >= 0.3 is 0 Å². The van der Waals surface area contributed by atoms with E-state index in [0.717, 1.165) is 6.54 Å². The van der Waals surface area contributed by atoms with Crippen LogP contribution in [0.15, 0.2) is 0 Å². The van der Waals surface area contributed by atoms with E-state index in [-0.39, 0.29) is 5.54 Å². The molecule has 0 aromatic carbocycles. The van der Waals surface area contributed by atoms with Gasteiger partial charge in [-0.2, -0.15) is 0 Å². The molecule has 1 aliphatic heterocycles. The second-order valence-electron chi connectivity index (χ2n) is 6.72. The van der Waals surface area contributed by atoms with E-state index in [1.165, 1.54) is 32.5 Å². The monoisotopic (exact) mass is 212 g/mol. The molecule has 1 saturated heterocycles. The van der Waals surface area contributed by atoms with Gasteiger partial charge in [-0.15, -0.1) is 0 Å². The van der Waals surface area contributed by atoms with Gasteiger partial charge < -0.3 is 10.2 Å². The molecule has 1 aliphatic rings. The molecule has 0 aromatic heterocycles. The third-order valence-corrected chi connectivity index (χ3v) is 3.06. The molecular formula is C13H28N2. The fraction of sp³-hybridized carbons (Fsp3) is 1.00. The van der Waals surface area contributed by atoms with Crippen molar-refractivity contribution in [2.75, 3.05) is 26.2 Å². The van der Waals surface area contributed by atoms with Crippen molar-refractivity contribution in [2.24, 2.45) is 5.41 Å². The zero-order valence-electron chi connectivity index (χ0n) is 11.2. The SMILES string of the molecule is CC1(C)CCCN(CCNC(C)(C)C)C1. The lowest BCUT2D eigenvalue weighted by molar-refractivity contribution is 0.116. The quantitative estimate of drug-likeness (QED) is 0.773. The van der Waals surface area contributed by atoms with Gasteiger partial charge in [0.05, 0.1) is 0 Å². The summed E-state index contributed by atoms with van der Waals surface area (Å²) in [4.78, 5) is 2.60. The lowest BCUT2D eigenvalue weighted by Crippen LogP contribution is -2.46. The molecule has 0 radical (unpaired) electrons. The highest BCUT2D eigenvalue weighted by Crippen LogP contribution is 2.27. The zero-order valence-corrected chi connectivity index (χ0v) is 11.2. The Morgan fingerprint density at radius 1 is 1.27 bits per heavy atom. The molecular weight excluding hydrogens is 184 g/mol. The number of hydrogen-bond donors (Lipinski definition) is 1. The van der Waals surface area contributed by atoms with Gasteiger partial charge in [-0.05, 0) is 45.6 Å². The Balaban J connectivity index is 2.22. The third-order valence-electron chi connectivity index (χ3n) is 3.06. The fourth-order valence-corrected chi connectivity index (χ4v) is 2.32. The number of rotatable bonds is 3. The fourth-order valence-electron chi connectivity index (χ4n) is 2.32. The Bertz CT molecular complexity index is 191. The largest absolute Gasteiger partial charge is 0.311 e. The van der Waals surface area contributed by atoms with Crippen molar-refractivity contribution in [1.82, 2.24) is 10.2 Å². The van der Waals surface area contributed by atoms with E-state index in [1.807, 2.05) is 0 Å². The van der Waals surface area contributed by atoms with Crippen LogP contribution < -0.4 is 5.32 Å². The summed E-state index contributed by atoms with van der Waals surface area (Å²) in [5, 5.41) is 3.55. The Labute approximate surface area is 95.4 Å². The standard InChI is InChI=1S/C13H28N2/c1-12(2,3)14-8-10-15-9-6-7-13(4,5)11-15/h14H,6-11H2,1-5H3. The van der Waals surface area contributed by atoms with Crippen molar-refractivity contribution in [3.05, 3.63) is 0 Å². The predicted octanol–water partition coefficient (Wildman–Crippen LogP) is 2.50. The minimum absolute atomic E-state index is 0.255. The van der Waals surface area contributed by atoms with Crippen molar-refractivity contribution in [3.63, 3.8) is 0 Å². The maximum absolute atomic E-state index is 3.55. The summed E-state index contributed by atoms with van der Waals surface area (Å²) in [6, 6.07) is 0. The number of hydrogen-bond acceptors (Lipinski definition) is 2. The van der Waals surface area contributed by atoms with E-state index < -0.39 is 0 Å². The average molecular weight is 212 g/mol. The molecule has 1 N–H and O–H groups in total. The van der Waals surface area contributed by atoms with Gasteiger partial charge in [-0.3, -0.25) is 0 Å². The van der Waals surface area contributed by atoms with E-state index in [0.29, 0.717) is 5.41 Å². The van der Waals surface area contributed by atoms with Crippen molar-refractivity contribution in [2.45, 2.75) is 53.0 Å². The van der Waals surface area contributed by atoms with Crippen LogP contribution in [-0.2, 0) is 0 Å². The molecule has 0 bridgehead atoms. The summed E-state index contributed by atoms with van der Waals surface area (Å²) in [6.07, 6.45) is 2.75. The smallest absolute Gasteiger partial charge is 0.0107 e. The molecule has 90 valence electrons. The zero-order chi connectivity index (χ0) is 11.5. The highest BCUT2D eigenvalue weighted by molar-refractivity contribution is 4.80. The molecule has 0 amide bonds. The molecule has 0 spiro atoms. The molecule has 0 aromatic rings. The molecule has 1 heterocycles. The first-order chi connectivity index (χ1) is 6.79. The van der Waals surface area contributed by atoms with Crippen LogP contribution >= 0.6 is 0 Å². The molecule has 2 heteroatoms. The second kappa shape index (κ2) is 4.84. The Kier molecular flexibility index (Phi) is 4.19. The van der Waals surface area contributed by atoms with E-state index in [9.17, 15) is 0 Å². The van der Waals surface area contributed by atoms with E-state index in [2.05, 4.69) is 44.8 Å². The van der Waals surface area contributed by atoms with Crippen LogP contribution in [0.3, 0.4) is 0 Å². The number of nitrogens with zero attached hydrogens (tertiary/aromatic N) is 1. The van der Waals surface area contributed by atoms with Crippen LogP contribution in [0.4, 0.5) is 0 Å². The first-order valence-electron chi connectivity index (χ1n) is 6.26. The summed E-state index contributed by atoms with van der Waals surface area (Å²) in [7, 11) is 0. The number of likely N-dealkylation sites (tertiary alicyclic amines) is 1. The van der Waals surface area contributed by atoms with Crippen molar-refractivity contribution >= 4 is 0 Å². The van der Waals surface area contributed by atoms with Crippen molar-refractivity contribution < 1.29 is 0 Å². The van der Waals surface area contributed by atoms with Crippen LogP contribution in [0.1, 0.15) is 47.5 Å². The topological polar surface area (TPSA) is 15.3 Å². The Morgan fingerprint density at radius 2 is 1.93 bits per heavy atom. The highest BCUT2D eigenvalue weighted by atomic mass is 15.2. The van der Waals surface area contributed by atoms with E-state index in [4.69, 9.17) is 0 Å². The molecule has 1 rings (SSSR count). The maximum Gasteiger partial charge on any atom is 0.0107 e. The summed E-state index contributed by atoms with van der Waals surface area (Å²) in [6.45, 7) is 16.3. The van der Waals surface area contributed by atoms with Gasteiger partial charge in [-0.1, -0.05) is 13.8 Å². The predicted molar refractivity (Wildman–Crippen MR) is 67.2 cm³/mol. The van der Waals surface area contributed by atoms with Gasteiger partial charge in [0.25, 0.3) is 0 Å². The molecule has 0 unspecified atom stereocenters. The van der Waals surface area contributed by atoms with Gasteiger partial charge in [0.1, 0.15) is 0 Å².